The molecule has 3 heterocycles. The van der Waals surface area contributed by atoms with E-state index in [0.29, 0.717) is 19.6 Å². The van der Waals surface area contributed by atoms with Gasteiger partial charge in [0.2, 0.25) is 5.95 Å². The Balaban J connectivity index is 1.86. The summed E-state index contributed by atoms with van der Waals surface area (Å²) in [5.41, 5.74) is -0.936. The fourth-order valence-electron chi connectivity index (χ4n) is 2.31. The highest BCUT2D eigenvalue weighted by molar-refractivity contribution is 5.32. The molecule has 0 spiro atoms. The molecule has 112 valence electrons. The molecule has 1 aliphatic rings. The van der Waals surface area contributed by atoms with Crippen LogP contribution >= 0.6 is 0 Å². The van der Waals surface area contributed by atoms with Crippen molar-refractivity contribution in [3.8, 4) is 0 Å². The number of alkyl halides is 3. The van der Waals surface area contributed by atoms with Crippen LogP contribution in [0.4, 0.5) is 19.1 Å². The molecule has 21 heavy (non-hydrogen) atoms. The van der Waals surface area contributed by atoms with E-state index in [4.69, 9.17) is 0 Å². The molecule has 2 aromatic rings. The molecule has 0 aromatic carbocycles. The Kier molecular flexibility index (Phi) is 3.26. The summed E-state index contributed by atoms with van der Waals surface area (Å²) in [4.78, 5) is 9.21. The Hall–Kier alpha value is -2.19. The van der Waals surface area contributed by atoms with Crippen LogP contribution < -0.4 is 4.90 Å². The average Bonchev–Trinajstić information content (AvgIpc) is 2.88. The van der Waals surface area contributed by atoms with Gasteiger partial charge in [-0.05, 0) is 6.07 Å². The maximum absolute atomic E-state index is 12.7. The lowest BCUT2D eigenvalue weighted by molar-refractivity contribution is -0.141. The Morgan fingerprint density at radius 3 is 2.76 bits per heavy atom. The van der Waals surface area contributed by atoms with Crippen molar-refractivity contribution in [2.45, 2.75) is 32.6 Å². The van der Waals surface area contributed by atoms with E-state index in [1.165, 1.54) is 0 Å². The summed E-state index contributed by atoms with van der Waals surface area (Å²) in [6.07, 6.45) is -2.57. The minimum absolute atomic E-state index is 0.0668. The van der Waals surface area contributed by atoms with E-state index in [1.54, 1.807) is 4.90 Å². The maximum Gasteiger partial charge on any atom is 0.433 e. The Bertz CT molecular complexity index is 651. The van der Waals surface area contributed by atoms with Gasteiger partial charge in [0, 0.05) is 25.7 Å². The van der Waals surface area contributed by atoms with Gasteiger partial charge in [-0.1, -0.05) is 6.92 Å². The van der Waals surface area contributed by atoms with E-state index >= 15 is 0 Å². The molecular formula is C12H13F3N6. The Morgan fingerprint density at radius 2 is 2.05 bits per heavy atom. The molecule has 3 rings (SSSR count). The van der Waals surface area contributed by atoms with Crippen LogP contribution in [0.3, 0.4) is 0 Å². The van der Waals surface area contributed by atoms with Crippen molar-refractivity contribution < 1.29 is 13.2 Å². The standard InChI is InChI=1S/C12H13F3N6/c1-2-9-18-19-10-7-20(5-6-21(9)10)11-16-4-3-8(17-11)12(13,14)15/h3-4H,2,5-7H2,1H3. The van der Waals surface area contributed by atoms with Gasteiger partial charge in [-0.15, -0.1) is 10.2 Å². The SMILES string of the molecule is CCc1nnc2n1CCN(c1nccc(C(F)(F)F)n1)C2. The maximum atomic E-state index is 12.7. The summed E-state index contributed by atoms with van der Waals surface area (Å²) in [5.74, 6) is 1.67. The quantitative estimate of drug-likeness (QED) is 0.844. The number of aryl methyl sites for hydroxylation is 1. The van der Waals surface area contributed by atoms with Crippen LogP contribution in [0.1, 0.15) is 24.3 Å². The van der Waals surface area contributed by atoms with Crippen LogP contribution in [-0.4, -0.2) is 31.3 Å². The molecule has 6 nitrogen and oxygen atoms in total. The zero-order chi connectivity index (χ0) is 15.0. The van der Waals surface area contributed by atoms with E-state index in [1.807, 2.05) is 11.5 Å². The van der Waals surface area contributed by atoms with Crippen molar-refractivity contribution >= 4 is 5.95 Å². The van der Waals surface area contributed by atoms with Gasteiger partial charge in [-0.2, -0.15) is 13.2 Å². The first-order valence-electron chi connectivity index (χ1n) is 6.55. The number of halogens is 3. The summed E-state index contributed by atoms with van der Waals surface area (Å²) in [7, 11) is 0. The van der Waals surface area contributed by atoms with Gasteiger partial charge < -0.3 is 9.47 Å². The smallest absolute Gasteiger partial charge is 0.331 e. The number of hydrogen-bond acceptors (Lipinski definition) is 5. The van der Waals surface area contributed by atoms with E-state index < -0.39 is 11.9 Å². The number of aromatic nitrogens is 5. The highest BCUT2D eigenvalue weighted by Gasteiger charge is 2.33. The van der Waals surface area contributed by atoms with Gasteiger partial charge in [0.1, 0.15) is 11.5 Å². The highest BCUT2D eigenvalue weighted by Crippen LogP contribution is 2.28. The van der Waals surface area contributed by atoms with Crippen molar-refractivity contribution in [3.63, 3.8) is 0 Å². The molecular weight excluding hydrogens is 285 g/mol. The van der Waals surface area contributed by atoms with Crippen molar-refractivity contribution in [1.82, 2.24) is 24.7 Å². The molecule has 0 unspecified atom stereocenters. The molecule has 0 aliphatic carbocycles. The lowest BCUT2D eigenvalue weighted by atomic mass is 10.3. The minimum atomic E-state index is -4.47. The molecule has 0 saturated heterocycles. The van der Waals surface area contributed by atoms with Gasteiger partial charge in [-0.3, -0.25) is 0 Å². The van der Waals surface area contributed by atoms with Gasteiger partial charge >= 0.3 is 6.18 Å². The molecule has 9 heteroatoms. The van der Waals surface area contributed by atoms with Gasteiger partial charge in [0.05, 0.1) is 6.54 Å². The fraction of sp³-hybridized carbons (Fsp3) is 0.500. The zero-order valence-electron chi connectivity index (χ0n) is 11.3. The third-order valence-electron chi connectivity index (χ3n) is 3.36. The first-order chi connectivity index (χ1) is 9.99. The summed E-state index contributed by atoms with van der Waals surface area (Å²) in [6, 6.07) is 0.866. The molecule has 0 radical (unpaired) electrons. The topological polar surface area (TPSA) is 59.7 Å². The first-order valence-corrected chi connectivity index (χ1v) is 6.55. The second kappa shape index (κ2) is 4.97. The predicted molar refractivity (Wildman–Crippen MR) is 67.5 cm³/mol. The summed E-state index contributed by atoms with van der Waals surface area (Å²) in [6.45, 7) is 3.48. The fourth-order valence-corrected chi connectivity index (χ4v) is 2.31. The van der Waals surface area contributed by atoms with Gasteiger partial charge in [-0.25, -0.2) is 9.97 Å². The summed E-state index contributed by atoms with van der Waals surface area (Å²) in [5, 5.41) is 8.13. The molecule has 0 saturated carbocycles. The van der Waals surface area contributed by atoms with Crippen molar-refractivity contribution in [1.29, 1.82) is 0 Å². The summed E-state index contributed by atoms with van der Waals surface area (Å²) < 4.78 is 40.1. The largest absolute Gasteiger partial charge is 0.433 e. The molecule has 1 aliphatic heterocycles. The van der Waals surface area contributed by atoms with E-state index in [0.717, 1.165) is 30.3 Å². The van der Waals surface area contributed by atoms with Crippen LogP contribution in [0.25, 0.3) is 0 Å². The molecule has 0 N–H and O–H groups in total. The van der Waals surface area contributed by atoms with E-state index in [9.17, 15) is 13.2 Å². The van der Waals surface area contributed by atoms with Crippen LogP contribution in [0, 0.1) is 0 Å². The third kappa shape index (κ3) is 2.55. The number of anilines is 1. The predicted octanol–water partition coefficient (Wildman–Crippen LogP) is 1.67. The zero-order valence-corrected chi connectivity index (χ0v) is 11.3. The van der Waals surface area contributed by atoms with Crippen LogP contribution in [0.15, 0.2) is 12.3 Å². The number of rotatable bonds is 2. The van der Waals surface area contributed by atoms with E-state index in [2.05, 4.69) is 20.2 Å². The lowest BCUT2D eigenvalue weighted by Crippen LogP contribution is -2.35. The second-order valence-electron chi connectivity index (χ2n) is 4.70. The molecule has 0 atom stereocenters. The average molecular weight is 298 g/mol. The van der Waals surface area contributed by atoms with Crippen molar-refractivity contribution in [2.24, 2.45) is 0 Å². The normalized spacial score (nSPS) is 15.1. The van der Waals surface area contributed by atoms with Gasteiger partial charge in [0.15, 0.2) is 5.82 Å². The number of hydrogen-bond donors (Lipinski definition) is 0. The van der Waals surface area contributed by atoms with Crippen LogP contribution in [0.5, 0.6) is 0 Å². The molecule has 2 aromatic heterocycles. The molecule has 0 amide bonds. The third-order valence-corrected chi connectivity index (χ3v) is 3.36. The summed E-state index contributed by atoms with van der Waals surface area (Å²) >= 11 is 0. The van der Waals surface area contributed by atoms with Gasteiger partial charge in [0.25, 0.3) is 0 Å². The number of fused-ring (bicyclic) bond motifs is 1. The molecule has 0 bridgehead atoms. The van der Waals surface area contributed by atoms with Crippen molar-refractivity contribution in [3.05, 3.63) is 29.6 Å². The van der Waals surface area contributed by atoms with E-state index in [-0.39, 0.29) is 5.95 Å². The molecule has 0 fully saturated rings. The highest BCUT2D eigenvalue weighted by atomic mass is 19.4. The van der Waals surface area contributed by atoms with Crippen LogP contribution in [0.2, 0.25) is 0 Å². The monoisotopic (exact) mass is 298 g/mol. The lowest BCUT2D eigenvalue weighted by Gasteiger charge is -2.28. The van der Waals surface area contributed by atoms with Crippen molar-refractivity contribution in [2.75, 3.05) is 11.4 Å². The first kappa shape index (κ1) is 13.8. The minimum Gasteiger partial charge on any atom is -0.331 e. The Morgan fingerprint density at radius 1 is 1.24 bits per heavy atom. The van der Waals surface area contributed by atoms with Crippen LogP contribution in [-0.2, 0) is 25.7 Å². The second-order valence-corrected chi connectivity index (χ2v) is 4.70. The Labute approximate surface area is 118 Å². The number of nitrogens with zero attached hydrogens (tertiary/aromatic N) is 6.